The molecule has 0 spiro atoms. The fourth-order valence-corrected chi connectivity index (χ4v) is 2.12. The first-order valence-corrected chi connectivity index (χ1v) is 6.76. The molecule has 0 fully saturated rings. The quantitative estimate of drug-likeness (QED) is 0.889. The van der Waals surface area contributed by atoms with Crippen LogP contribution in [0.3, 0.4) is 0 Å². The number of methoxy groups -OCH3 is 2. The summed E-state index contributed by atoms with van der Waals surface area (Å²) in [4.78, 5) is 12.1. The van der Waals surface area contributed by atoms with Crippen LogP contribution < -0.4 is 14.8 Å². The number of nitrogens with one attached hydrogen (secondary N) is 1. The molecule has 0 atom stereocenters. The van der Waals surface area contributed by atoms with Crippen LogP contribution in [-0.4, -0.2) is 24.7 Å². The van der Waals surface area contributed by atoms with E-state index in [1.807, 2.05) is 29.9 Å². The predicted octanol–water partition coefficient (Wildman–Crippen LogP) is 2.61. The van der Waals surface area contributed by atoms with Crippen LogP contribution in [0.2, 0.25) is 0 Å². The molecule has 1 N–H and O–H groups in total. The highest BCUT2D eigenvalue weighted by atomic mass is 16.5. The Labute approximate surface area is 124 Å². The topological polar surface area (TPSA) is 52.5 Å². The smallest absolute Gasteiger partial charge is 0.224 e. The van der Waals surface area contributed by atoms with E-state index in [4.69, 9.17) is 9.47 Å². The Morgan fingerprint density at radius 1 is 1.24 bits per heavy atom. The van der Waals surface area contributed by atoms with Gasteiger partial charge in [0.05, 0.1) is 19.9 Å². The maximum absolute atomic E-state index is 12.1. The molecule has 112 valence electrons. The fraction of sp³-hybridized carbons (Fsp3) is 0.312. The van der Waals surface area contributed by atoms with E-state index in [2.05, 4.69) is 5.32 Å². The Morgan fingerprint density at radius 3 is 2.67 bits per heavy atom. The zero-order chi connectivity index (χ0) is 15.2. The predicted molar refractivity (Wildman–Crippen MR) is 81.9 cm³/mol. The first-order chi connectivity index (χ1) is 10.1. The number of carbonyl (C=O) groups excluding carboxylic acids is 1. The SMILES string of the molecule is COc1ccc(OC)c(NC(=O)CCc2cccn2C)c1. The minimum Gasteiger partial charge on any atom is -0.497 e. The second kappa shape index (κ2) is 6.83. The molecule has 1 aromatic carbocycles. The highest BCUT2D eigenvalue weighted by molar-refractivity contribution is 5.92. The normalized spacial score (nSPS) is 10.2. The summed E-state index contributed by atoms with van der Waals surface area (Å²) < 4.78 is 12.4. The molecular weight excluding hydrogens is 268 g/mol. The molecule has 0 saturated heterocycles. The molecule has 21 heavy (non-hydrogen) atoms. The number of amides is 1. The second-order valence-corrected chi connectivity index (χ2v) is 4.72. The molecule has 1 heterocycles. The van der Waals surface area contributed by atoms with Crippen LogP contribution in [0.1, 0.15) is 12.1 Å². The number of anilines is 1. The molecule has 0 saturated carbocycles. The van der Waals surface area contributed by atoms with Gasteiger partial charge in [-0.25, -0.2) is 0 Å². The third kappa shape index (κ3) is 3.78. The minimum absolute atomic E-state index is 0.0530. The van der Waals surface area contributed by atoms with Gasteiger partial charge in [0, 0.05) is 31.4 Å². The van der Waals surface area contributed by atoms with E-state index in [1.165, 1.54) is 0 Å². The summed E-state index contributed by atoms with van der Waals surface area (Å²) in [7, 11) is 5.13. The maximum Gasteiger partial charge on any atom is 0.224 e. The average molecular weight is 288 g/mol. The van der Waals surface area contributed by atoms with Crippen molar-refractivity contribution in [2.24, 2.45) is 7.05 Å². The van der Waals surface area contributed by atoms with E-state index >= 15 is 0 Å². The lowest BCUT2D eigenvalue weighted by atomic mass is 10.2. The van der Waals surface area contributed by atoms with Gasteiger partial charge in [0.1, 0.15) is 11.5 Å². The average Bonchev–Trinajstić information content (AvgIpc) is 2.90. The molecule has 0 bridgehead atoms. The number of rotatable bonds is 6. The van der Waals surface area contributed by atoms with Crippen molar-refractivity contribution in [1.29, 1.82) is 0 Å². The summed E-state index contributed by atoms with van der Waals surface area (Å²) >= 11 is 0. The van der Waals surface area contributed by atoms with Crippen molar-refractivity contribution < 1.29 is 14.3 Å². The van der Waals surface area contributed by atoms with Gasteiger partial charge in [-0.2, -0.15) is 0 Å². The summed E-state index contributed by atoms with van der Waals surface area (Å²) in [5.74, 6) is 1.24. The number of hydrogen-bond acceptors (Lipinski definition) is 3. The highest BCUT2D eigenvalue weighted by Gasteiger charge is 2.10. The molecule has 0 unspecified atom stereocenters. The van der Waals surface area contributed by atoms with Crippen LogP contribution >= 0.6 is 0 Å². The van der Waals surface area contributed by atoms with E-state index in [0.717, 1.165) is 5.69 Å². The Hall–Kier alpha value is -2.43. The molecule has 5 nitrogen and oxygen atoms in total. The molecule has 1 amide bonds. The zero-order valence-electron chi connectivity index (χ0n) is 12.6. The minimum atomic E-state index is -0.0530. The summed E-state index contributed by atoms with van der Waals surface area (Å²) in [6, 6.07) is 9.29. The summed E-state index contributed by atoms with van der Waals surface area (Å²) in [5.41, 5.74) is 1.75. The third-order valence-corrected chi connectivity index (χ3v) is 3.34. The third-order valence-electron chi connectivity index (χ3n) is 3.34. The first-order valence-electron chi connectivity index (χ1n) is 6.76. The maximum atomic E-state index is 12.1. The van der Waals surface area contributed by atoms with Crippen LogP contribution in [0.5, 0.6) is 11.5 Å². The summed E-state index contributed by atoms with van der Waals surface area (Å²) in [5, 5.41) is 2.86. The van der Waals surface area contributed by atoms with Crippen molar-refractivity contribution in [1.82, 2.24) is 4.57 Å². The Bertz CT molecular complexity index is 620. The number of aryl methyl sites for hydroxylation is 2. The molecule has 0 aliphatic rings. The number of hydrogen-bond donors (Lipinski definition) is 1. The van der Waals surface area contributed by atoms with Gasteiger partial charge >= 0.3 is 0 Å². The van der Waals surface area contributed by atoms with Crippen LogP contribution in [0.25, 0.3) is 0 Å². The van der Waals surface area contributed by atoms with Crippen LogP contribution in [0, 0.1) is 0 Å². The van der Waals surface area contributed by atoms with Gasteiger partial charge in [0.2, 0.25) is 5.91 Å². The Morgan fingerprint density at radius 2 is 2.05 bits per heavy atom. The van der Waals surface area contributed by atoms with E-state index in [9.17, 15) is 4.79 Å². The zero-order valence-corrected chi connectivity index (χ0v) is 12.6. The molecule has 2 aromatic rings. The monoisotopic (exact) mass is 288 g/mol. The van der Waals surface area contributed by atoms with Crippen molar-refractivity contribution in [3.05, 3.63) is 42.2 Å². The van der Waals surface area contributed by atoms with E-state index in [1.54, 1.807) is 32.4 Å². The van der Waals surface area contributed by atoms with Gasteiger partial charge in [0.15, 0.2) is 0 Å². The van der Waals surface area contributed by atoms with Crippen molar-refractivity contribution in [3.8, 4) is 11.5 Å². The highest BCUT2D eigenvalue weighted by Crippen LogP contribution is 2.29. The molecule has 2 rings (SSSR count). The van der Waals surface area contributed by atoms with Gasteiger partial charge in [-0.3, -0.25) is 4.79 Å². The van der Waals surface area contributed by atoms with Gasteiger partial charge in [-0.15, -0.1) is 0 Å². The van der Waals surface area contributed by atoms with Crippen molar-refractivity contribution in [3.63, 3.8) is 0 Å². The number of ether oxygens (including phenoxy) is 2. The van der Waals surface area contributed by atoms with Gasteiger partial charge in [-0.05, 0) is 30.7 Å². The standard InChI is InChI=1S/C16H20N2O3/c1-18-10-4-5-12(18)6-9-16(19)17-14-11-13(20-2)7-8-15(14)21-3/h4-5,7-8,10-11H,6,9H2,1-3H3,(H,17,19). The lowest BCUT2D eigenvalue weighted by Gasteiger charge is -2.12. The van der Waals surface area contributed by atoms with Crippen LogP contribution in [0.15, 0.2) is 36.5 Å². The lowest BCUT2D eigenvalue weighted by Crippen LogP contribution is -2.14. The van der Waals surface area contributed by atoms with Crippen molar-refractivity contribution in [2.45, 2.75) is 12.8 Å². The van der Waals surface area contributed by atoms with Gasteiger partial charge < -0.3 is 19.4 Å². The summed E-state index contributed by atoms with van der Waals surface area (Å²) in [6.45, 7) is 0. The molecule has 1 aromatic heterocycles. The molecule has 0 radical (unpaired) electrons. The Balaban J connectivity index is 2.00. The van der Waals surface area contributed by atoms with Crippen molar-refractivity contribution in [2.75, 3.05) is 19.5 Å². The van der Waals surface area contributed by atoms with E-state index < -0.39 is 0 Å². The molecule has 5 heteroatoms. The van der Waals surface area contributed by atoms with Crippen LogP contribution in [0.4, 0.5) is 5.69 Å². The number of aromatic nitrogens is 1. The molecule has 0 aliphatic carbocycles. The first kappa shape index (κ1) is 15.0. The molecular formula is C16H20N2O3. The summed E-state index contributed by atoms with van der Waals surface area (Å²) in [6.07, 6.45) is 3.08. The number of nitrogens with zero attached hydrogens (tertiary/aromatic N) is 1. The largest absolute Gasteiger partial charge is 0.497 e. The lowest BCUT2D eigenvalue weighted by molar-refractivity contribution is -0.116. The number of benzene rings is 1. The van der Waals surface area contributed by atoms with Gasteiger partial charge in [-0.1, -0.05) is 0 Å². The van der Waals surface area contributed by atoms with Gasteiger partial charge in [0.25, 0.3) is 0 Å². The number of carbonyl (C=O) groups is 1. The van der Waals surface area contributed by atoms with Crippen LogP contribution in [-0.2, 0) is 18.3 Å². The molecule has 0 aliphatic heterocycles. The van der Waals surface area contributed by atoms with E-state index in [-0.39, 0.29) is 5.91 Å². The second-order valence-electron chi connectivity index (χ2n) is 4.72. The Kier molecular flexibility index (Phi) is 4.87. The van der Waals surface area contributed by atoms with Crippen molar-refractivity contribution >= 4 is 11.6 Å². The van der Waals surface area contributed by atoms with E-state index in [0.29, 0.717) is 30.0 Å². The fourth-order valence-electron chi connectivity index (χ4n) is 2.12.